The number of amides is 2. The fraction of sp³-hybridized carbons (Fsp3) is 0.364. The van der Waals surface area contributed by atoms with Gasteiger partial charge in [-0.25, -0.2) is 0 Å². The van der Waals surface area contributed by atoms with Crippen LogP contribution in [0.15, 0.2) is 48.5 Å². The lowest BCUT2D eigenvalue weighted by molar-refractivity contribution is -0.114. The molecule has 3 N–H and O–H groups in total. The molecule has 0 spiro atoms. The summed E-state index contributed by atoms with van der Waals surface area (Å²) in [4.78, 5) is 26.6. The summed E-state index contributed by atoms with van der Waals surface area (Å²) in [6, 6.07) is 15.0. The molecule has 0 heterocycles. The summed E-state index contributed by atoms with van der Waals surface area (Å²) >= 11 is 0. The highest BCUT2D eigenvalue weighted by Gasteiger charge is 2.09. The maximum atomic E-state index is 12.4. The first kappa shape index (κ1) is 21.4. The maximum Gasteiger partial charge on any atom is 0.251 e. The van der Waals surface area contributed by atoms with E-state index in [2.05, 4.69) is 40.8 Å². The van der Waals surface area contributed by atoms with Crippen molar-refractivity contribution in [1.29, 1.82) is 0 Å². The fourth-order valence-electron chi connectivity index (χ4n) is 2.90. The minimum Gasteiger partial charge on any atom is -0.376 e. The number of hydrogen-bond acceptors (Lipinski definition) is 4. The lowest BCUT2D eigenvalue weighted by Gasteiger charge is -2.20. The minimum atomic E-state index is -0.161. The molecule has 2 aromatic rings. The lowest BCUT2D eigenvalue weighted by Crippen LogP contribution is -2.25. The van der Waals surface area contributed by atoms with Crippen LogP contribution < -0.4 is 16.0 Å². The van der Waals surface area contributed by atoms with Gasteiger partial charge in [-0.05, 0) is 49.8 Å². The van der Waals surface area contributed by atoms with Gasteiger partial charge in [-0.3, -0.25) is 14.5 Å². The van der Waals surface area contributed by atoms with E-state index in [1.807, 2.05) is 25.1 Å². The van der Waals surface area contributed by atoms with Gasteiger partial charge in [0.15, 0.2) is 0 Å². The number of carbonyl (C=O) groups excluding carboxylic acids is 2. The highest BCUT2D eigenvalue weighted by molar-refractivity contribution is 5.98. The van der Waals surface area contributed by atoms with Gasteiger partial charge in [-0.15, -0.1) is 0 Å². The normalized spacial score (nSPS) is 10.6. The topological polar surface area (TPSA) is 73.5 Å². The van der Waals surface area contributed by atoms with Crippen LogP contribution in [0.3, 0.4) is 0 Å². The van der Waals surface area contributed by atoms with E-state index in [1.54, 1.807) is 24.3 Å². The zero-order chi connectivity index (χ0) is 20.4. The molecule has 0 atom stereocenters. The molecule has 0 aliphatic carbocycles. The van der Waals surface area contributed by atoms with Gasteiger partial charge in [0, 0.05) is 30.0 Å². The fourth-order valence-corrected chi connectivity index (χ4v) is 2.90. The second kappa shape index (κ2) is 11.1. The van der Waals surface area contributed by atoms with Crippen molar-refractivity contribution in [1.82, 2.24) is 10.2 Å². The highest BCUT2D eigenvalue weighted by atomic mass is 16.2. The summed E-state index contributed by atoms with van der Waals surface area (Å²) in [6.07, 6.45) is 0. The van der Waals surface area contributed by atoms with Gasteiger partial charge in [-0.1, -0.05) is 38.1 Å². The second-order valence-corrected chi connectivity index (χ2v) is 6.46. The van der Waals surface area contributed by atoms with Crippen LogP contribution in [-0.2, 0) is 11.3 Å². The van der Waals surface area contributed by atoms with Crippen LogP contribution >= 0.6 is 0 Å². The first-order chi connectivity index (χ1) is 13.6. The molecule has 0 saturated heterocycles. The molecule has 0 fully saturated rings. The third kappa shape index (κ3) is 6.39. The smallest absolute Gasteiger partial charge is 0.251 e. The molecule has 6 heteroatoms. The molecular formula is C22H30N4O2. The molecule has 0 unspecified atom stereocenters. The van der Waals surface area contributed by atoms with Crippen molar-refractivity contribution < 1.29 is 9.59 Å². The van der Waals surface area contributed by atoms with Crippen LogP contribution in [0.5, 0.6) is 0 Å². The molecule has 28 heavy (non-hydrogen) atoms. The van der Waals surface area contributed by atoms with E-state index in [1.165, 1.54) is 0 Å². The van der Waals surface area contributed by atoms with E-state index < -0.39 is 0 Å². The first-order valence-electron chi connectivity index (χ1n) is 9.79. The van der Waals surface area contributed by atoms with Gasteiger partial charge >= 0.3 is 0 Å². The van der Waals surface area contributed by atoms with Gasteiger partial charge in [0.05, 0.1) is 6.54 Å². The minimum absolute atomic E-state index is 0.151. The Morgan fingerprint density at radius 2 is 1.71 bits per heavy atom. The molecule has 150 valence electrons. The zero-order valence-corrected chi connectivity index (χ0v) is 16.9. The molecule has 0 aromatic heterocycles. The Hall–Kier alpha value is -2.86. The summed E-state index contributed by atoms with van der Waals surface area (Å²) in [6.45, 7) is 9.66. The Kier molecular flexibility index (Phi) is 8.49. The number of rotatable bonds is 10. The van der Waals surface area contributed by atoms with Crippen molar-refractivity contribution in [3.8, 4) is 0 Å². The van der Waals surface area contributed by atoms with Gasteiger partial charge in [0.1, 0.15) is 0 Å². The standard InChI is InChI=1S/C22H30N4O2/c1-4-23-22(28)17-11-9-12-19(14-17)25-21(27)15-24-20-13-8-7-10-18(20)16-26(5-2)6-3/h7-14,24H,4-6,15-16H2,1-3H3,(H,23,28)(H,25,27). The van der Waals surface area contributed by atoms with Gasteiger partial charge in [0.25, 0.3) is 5.91 Å². The molecular weight excluding hydrogens is 352 g/mol. The first-order valence-corrected chi connectivity index (χ1v) is 9.79. The molecule has 2 rings (SSSR count). The Labute approximate surface area is 167 Å². The third-order valence-corrected chi connectivity index (χ3v) is 4.49. The number of para-hydroxylation sites is 1. The molecule has 2 amide bonds. The van der Waals surface area contributed by atoms with E-state index in [0.717, 1.165) is 30.9 Å². The highest BCUT2D eigenvalue weighted by Crippen LogP contribution is 2.17. The van der Waals surface area contributed by atoms with E-state index in [4.69, 9.17) is 0 Å². The SMILES string of the molecule is CCNC(=O)c1cccc(NC(=O)CNc2ccccc2CN(CC)CC)c1. The molecule has 0 aliphatic rings. The summed E-state index contributed by atoms with van der Waals surface area (Å²) in [5.41, 5.74) is 3.25. The van der Waals surface area contributed by atoms with Crippen molar-refractivity contribution in [2.45, 2.75) is 27.3 Å². The number of carbonyl (C=O) groups is 2. The average Bonchev–Trinajstić information content (AvgIpc) is 2.71. The Balaban J connectivity index is 1.96. The molecule has 0 saturated carbocycles. The van der Waals surface area contributed by atoms with Gasteiger partial charge < -0.3 is 16.0 Å². The van der Waals surface area contributed by atoms with Crippen LogP contribution in [0.2, 0.25) is 0 Å². The van der Waals surface area contributed by atoms with Crippen LogP contribution in [0.1, 0.15) is 36.7 Å². The largest absolute Gasteiger partial charge is 0.376 e. The molecule has 0 radical (unpaired) electrons. The predicted octanol–water partition coefficient (Wildman–Crippen LogP) is 3.33. The molecule has 0 bridgehead atoms. The number of nitrogens with one attached hydrogen (secondary N) is 3. The Bertz CT molecular complexity index is 788. The summed E-state index contributed by atoms with van der Waals surface area (Å²) in [5.74, 6) is -0.312. The van der Waals surface area contributed by atoms with Gasteiger partial charge in [-0.2, -0.15) is 0 Å². The van der Waals surface area contributed by atoms with E-state index >= 15 is 0 Å². The van der Waals surface area contributed by atoms with Crippen molar-refractivity contribution in [2.24, 2.45) is 0 Å². The quantitative estimate of drug-likeness (QED) is 0.589. The van der Waals surface area contributed by atoms with Gasteiger partial charge in [0.2, 0.25) is 5.91 Å². The third-order valence-electron chi connectivity index (χ3n) is 4.49. The second-order valence-electron chi connectivity index (χ2n) is 6.46. The van der Waals surface area contributed by atoms with Crippen LogP contribution in [0, 0.1) is 0 Å². The summed E-state index contributed by atoms with van der Waals surface area (Å²) in [7, 11) is 0. The molecule has 6 nitrogen and oxygen atoms in total. The molecule has 0 aliphatic heterocycles. The van der Waals surface area contributed by atoms with Crippen molar-refractivity contribution in [3.63, 3.8) is 0 Å². The van der Waals surface area contributed by atoms with Crippen LogP contribution in [-0.4, -0.2) is 42.9 Å². The van der Waals surface area contributed by atoms with E-state index in [0.29, 0.717) is 17.8 Å². The Morgan fingerprint density at radius 1 is 0.964 bits per heavy atom. The summed E-state index contributed by atoms with van der Waals surface area (Å²) < 4.78 is 0. The van der Waals surface area contributed by atoms with Crippen LogP contribution in [0.4, 0.5) is 11.4 Å². The van der Waals surface area contributed by atoms with Crippen LogP contribution in [0.25, 0.3) is 0 Å². The Morgan fingerprint density at radius 3 is 2.43 bits per heavy atom. The van der Waals surface area contributed by atoms with E-state index in [-0.39, 0.29) is 18.4 Å². The summed E-state index contributed by atoms with van der Waals surface area (Å²) in [5, 5.41) is 8.82. The lowest BCUT2D eigenvalue weighted by atomic mass is 10.1. The number of benzene rings is 2. The van der Waals surface area contributed by atoms with Crippen molar-refractivity contribution >= 4 is 23.2 Å². The average molecular weight is 383 g/mol. The zero-order valence-electron chi connectivity index (χ0n) is 16.9. The number of anilines is 2. The number of nitrogens with zero attached hydrogens (tertiary/aromatic N) is 1. The van der Waals surface area contributed by atoms with E-state index in [9.17, 15) is 9.59 Å². The maximum absolute atomic E-state index is 12.4. The number of hydrogen-bond donors (Lipinski definition) is 3. The monoisotopic (exact) mass is 382 g/mol. The van der Waals surface area contributed by atoms with Crippen molar-refractivity contribution in [3.05, 3.63) is 59.7 Å². The molecule has 2 aromatic carbocycles. The van der Waals surface area contributed by atoms with Crippen molar-refractivity contribution in [2.75, 3.05) is 36.8 Å². The predicted molar refractivity (Wildman–Crippen MR) is 115 cm³/mol.